The standard InChI is InChI=1S/C5H11N4PS/c1-4-5(2)7-9-10(3,11)8-6-4/h1-3H3,(H2,8,9,11). The van der Waals surface area contributed by atoms with Crippen LogP contribution in [0, 0.1) is 0 Å². The van der Waals surface area contributed by atoms with Gasteiger partial charge in [0.2, 0.25) is 0 Å². The van der Waals surface area contributed by atoms with E-state index in [2.05, 4.69) is 20.6 Å². The largest absolute Gasteiger partial charge is 0.262 e. The van der Waals surface area contributed by atoms with Crippen molar-refractivity contribution in [1.29, 1.82) is 0 Å². The molecular weight excluding hydrogens is 179 g/mol. The van der Waals surface area contributed by atoms with E-state index < -0.39 is 6.34 Å². The summed E-state index contributed by atoms with van der Waals surface area (Å²) in [5, 5.41) is 13.9. The Morgan fingerprint density at radius 3 is 1.91 bits per heavy atom. The molecule has 0 aromatic heterocycles. The summed E-state index contributed by atoms with van der Waals surface area (Å²) in [7, 11) is 0. The van der Waals surface area contributed by atoms with Gasteiger partial charge in [-0.15, -0.1) is 0 Å². The molecule has 0 amide bonds. The first-order chi connectivity index (χ1) is 5.01. The molecule has 0 spiro atoms. The van der Waals surface area contributed by atoms with E-state index in [-0.39, 0.29) is 0 Å². The third kappa shape index (κ3) is 2.27. The maximum atomic E-state index is 5.16. The molecule has 4 nitrogen and oxygen atoms in total. The molecule has 0 fully saturated rings. The zero-order chi connectivity index (χ0) is 8.48. The maximum absolute atomic E-state index is 5.16. The SMILES string of the molecule is CC1=NNP(C)(=S)NN=C1C. The summed E-state index contributed by atoms with van der Waals surface area (Å²) in [5.74, 6) is 0. The van der Waals surface area contributed by atoms with Crippen LogP contribution < -0.4 is 10.4 Å². The molecule has 1 heterocycles. The fraction of sp³-hybridized carbons (Fsp3) is 0.600. The summed E-state index contributed by atoms with van der Waals surface area (Å²) >= 11 is 5.16. The van der Waals surface area contributed by atoms with Crippen molar-refractivity contribution in [2.24, 2.45) is 10.2 Å². The molecule has 0 aliphatic carbocycles. The summed E-state index contributed by atoms with van der Waals surface area (Å²) < 4.78 is 0. The summed E-state index contributed by atoms with van der Waals surface area (Å²) in [6, 6.07) is 0. The number of hydrazone groups is 2. The number of rotatable bonds is 0. The molecule has 0 aromatic rings. The molecule has 0 saturated heterocycles. The second-order valence-corrected chi connectivity index (χ2v) is 6.96. The van der Waals surface area contributed by atoms with Gasteiger partial charge in [-0.2, -0.15) is 10.2 Å². The minimum atomic E-state index is -1.75. The summed E-state index contributed by atoms with van der Waals surface area (Å²) in [6.07, 6.45) is -1.75. The van der Waals surface area contributed by atoms with E-state index in [0.717, 1.165) is 11.4 Å². The van der Waals surface area contributed by atoms with Crippen LogP contribution in [0.4, 0.5) is 0 Å². The molecule has 6 heteroatoms. The fourth-order valence-corrected chi connectivity index (χ4v) is 1.50. The lowest BCUT2D eigenvalue weighted by Gasteiger charge is -2.12. The Kier molecular flexibility index (Phi) is 2.30. The van der Waals surface area contributed by atoms with E-state index in [1.165, 1.54) is 0 Å². The fourth-order valence-electron chi connectivity index (χ4n) is 0.525. The van der Waals surface area contributed by atoms with Gasteiger partial charge in [0.1, 0.15) is 6.34 Å². The van der Waals surface area contributed by atoms with Gasteiger partial charge in [-0.3, -0.25) is 10.4 Å². The van der Waals surface area contributed by atoms with Crippen molar-refractivity contribution in [1.82, 2.24) is 10.4 Å². The van der Waals surface area contributed by atoms with E-state index in [1.54, 1.807) is 0 Å². The Labute approximate surface area is 71.3 Å². The Balaban J connectivity index is 2.93. The zero-order valence-corrected chi connectivity index (χ0v) is 8.46. The van der Waals surface area contributed by atoms with E-state index in [4.69, 9.17) is 11.8 Å². The van der Waals surface area contributed by atoms with Crippen molar-refractivity contribution in [3.8, 4) is 0 Å². The topological polar surface area (TPSA) is 48.8 Å². The quantitative estimate of drug-likeness (QED) is 0.557. The van der Waals surface area contributed by atoms with Gasteiger partial charge in [0.25, 0.3) is 0 Å². The normalized spacial score (nSPS) is 22.1. The molecule has 0 bridgehead atoms. The average Bonchev–Trinajstić information content (AvgIpc) is 2.03. The second kappa shape index (κ2) is 2.91. The van der Waals surface area contributed by atoms with E-state index >= 15 is 0 Å². The van der Waals surface area contributed by atoms with Crippen LogP contribution >= 0.6 is 6.34 Å². The molecule has 0 saturated carbocycles. The van der Waals surface area contributed by atoms with E-state index in [9.17, 15) is 0 Å². The third-order valence-corrected chi connectivity index (χ3v) is 2.79. The maximum Gasteiger partial charge on any atom is 0.146 e. The van der Waals surface area contributed by atoms with Crippen LogP contribution in [0.25, 0.3) is 0 Å². The van der Waals surface area contributed by atoms with Crippen LogP contribution in [0.3, 0.4) is 0 Å². The highest BCUT2D eigenvalue weighted by Gasteiger charge is 2.10. The van der Waals surface area contributed by atoms with Gasteiger partial charge in [0, 0.05) is 6.66 Å². The van der Waals surface area contributed by atoms with Crippen LogP contribution in [0.5, 0.6) is 0 Å². The Hall–Kier alpha value is -0.410. The summed E-state index contributed by atoms with van der Waals surface area (Å²) in [5.41, 5.74) is 1.76. The Bertz CT molecular complexity index is 246. The summed E-state index contributed by atoms with van der Waals surface area (Å²) in [4.78, 5) is 0. The summed E-state index contributed by atoms with van der Waals surface area (Å²) in [6.45, 7) is 5.70. The number of nitrogens with zero attached hydrogens (tertiary/aromatic N) is 2. The van der Waals surface area contributed by atoms with Crippen molar-refractivity contribution in [3.05, 3.63) is 0 Å². The van der Waals surface area contributed by atoms with Crippen LogP contribution in [0.15, 0.2) is 10.2 Å². The number of hydrogen-bond donors (Lipinski definition) is 2. The molecule has 0 atom stereocenters. The highest BCUT2D eigenvalue weighted by molar-refractivity contribution is 8.12. The van der Waals surface area contributed by atoms with Gasteiger partial charge < -0.3 is 0 Å². The highest BCUT2D eigenvalue weighted by atomic mass is 32.4. The van der Waals surface area contributed by atoms with Crippen molar-refractivity contribution in [3.63, 3.8) is 0 Å². The molecule has 1 aliphatic heterocycles. The smallest absolute Gasteiger partial charge is 0.146 e. The molecule has 62 valence electrons. The first-order valence-corrected chi connectivity index (χ1v) is 6.47. The molecule has 2 N–H and O–H groups in total. The second-order valence-electron chi connectivity index (χ2n) is 2.52. The monoisotopic (exact) mass is 190 g/mol. The van der Waals surface area contributed by atoms with E-state index in [0.29, 0.717) is 0 Å². The first kappa shape index (κ1) is 8.68. The minimum absolute atomic E-state index is 0.881. The first-order valence-electron chi connectivity index (χ1n) is 3.22. The Morgan fingerprint density at radius 2 is 1.55 bits per heavy atom. The number of nitrogens with one attached hydrogen (secondary N) is 2. The van der Waals surface area contributed by atoms with Gasteiger partial charge >= 0.3 is 0 Å². The molecule has 0 radical (unpaired) electrons. The van der Waals surface area contributed by atoms with E-state index in [1.807, 2.05) is 20.5 Å². The van der Waals surface area contributed by atoms with Gasteiger partial charge in [-0.05, 0) is 25.7 Å². The van der Waals surface area contributed by atoms with Gasteiger partial charge in [-0.25, -0.2) is 0 Å². The molecule has 1 aliphatic rings. The van der Waals surface area contributed by atoms with Crippen molar-refractivity contribution in [2.45, 2.75) is 13.8 Å². The molecule has 0 aromatic carbocycles. The molecule has 0 unspecified atom stereocenters. The molecule has 1 rings (SSSR count). The lowest BCUT2D eigenvalue weighted by molar-refractivity contribution is 1.02. The van der Waals surface area contributed by atoms with Crippen LogP contribution in [0.2, 0.25) is 0 Å². The highest BCUT2D eigenvalue weighted by Crippen LogP contribution is 2.31. The zero-order valence-electron chi connectivity index (χ0n) is 6.75. The van der Waals surface area contributed by atoms with Gasteiger partial charge in [0.15, 0.2) is 0 Å². The molecular formula is C5H11N4PS. The van der Waals surface area contributed by atoms with Gasteiger partial charge in [0.05, 0.1) is 11.4 Å². The van der Waals surface area contributed by atoms with Crippen molar-refractivity contribution in [2.75, 3.05) is 6.66 Å². The van der Waals surface area contributed by atoms with Crippen LogP contribution in [-0.4, -0.2) is 18.1 Å². The molecule has 11 heavy (non-hydrogen) atoms. The lowest BCUT2D eigenvalue weighted by Crippen LogP contribution is -2.10. The van der Waals surface area contributed by atoms with Gasteiger partial charge in [-0.1, -0.05) is 0 Å². The predicted octanol–water partition coefficient (Wildman–Crippen LogP) is 0.870. The minimum Gasteiger partial charge on any atom is -0.262 e. The van der Waals surface area contributed by atoms with Crippen molar-refractivity contribution < 1.29 is 0 Å². The van der Waals surface area contributed by atoms with Crippen LogP contribution in [-0.2, 0) is 11.8 Å². The Morgan fingerprint density at radius 1 is 1.18 bits per heavy atom. The average molecular weight is 190 g/mol. The lowest BCUT2D eigenvalue weighted by atomic mass is 10.3. The van der Waals surface area contributed by atoms with Crippen molar-refractivity contribution >= 4 is 29.6 Å². The van der Waals surface area contributed by atoms with Crippen LogP contribution in [0.1, 0.15) is 13.8 Å². The number of hydrogen-bond acceptors (Lipinski definition) is 3. The third-order valence-electron chi connectivity index (χ3n) is 1.34. The predicted molar refractivity (Wildman–Crippen MR) is 52.7 cm³/mol.